The molecule has 12 nitrogen and oxygen atoms in total. The van der Waals surface area contributed by atoms with Gasteiger partial charge in [-0.05, 0) is 45.2 Å². The third-order valence-electron chi connectivity index (χ3n) is 5.93. The molecule has 0 spiro atoms. The van der Waals surface area contributed by atoms with Crippen molar-refractivity contribution in [3.05, 3.63) is 104 Å². The first kappa shape index (κ1) is 29.7. The van der Waals surface area contributed by atoms with Crippen molar-refractivity contribution < 1.29 is 33.8 Å². The van der Waals surface area contributed by atoms with Crippen molar-refractivity contribution >= 4 is 23.4 Å². The molecular weight excluding hydrogens is 520 g/mol. The van der Waals surface area contributed by atoms with E-state index in [2.05, 4.69) is 0 Å². The molecule has 0 bridgehead atoms. The van der Waals surface area contributed by atoms with Crippen LogP contribution in [-0.2, 0) is 22.4 Å². The highest BCUT2D eigenvalue weighted by Gasteiger charge is 2.33. The van der Waals surface area contributed by atoms with Gasteiger partial charge in [-0.25, -0.2) is 9.59 Å². The summed E-state index contributed by atoms with van der Waals surface area (Å²) in [4.78, 5) is 47.8. The van der Waals surface area contributed by atoms with Gasteiger partial charge in [0, 0.05) is 36.7 Å². The molecule has 0 saturated heterocycles. The molecule has 12 heteroatoms. The second-order valence-electron chi connectivity index (χ2n) is 10.1. The van der Waals surface area contributed by atoms with Gasteiger partial charge in [0.15, 0.2) is 12.4 Å². The first-order chi connectivity index (χ1) is 18.9. The van der Waals surface area contributed by atoms with Crippen molar-refractivity contribution in [2.24, 2.45) is 0 Å². The van der Waals surface area contributed by atoms with E-state index in [1.807, 2.05) is 6.07 Å². The number of non-ortho nitro benzene ring substituents is 1. The molecule has 1 N–H and O–H groups in total. The van der Waals surface area contributed by atoms with Crippen LogP contribution in [0, 0.1) is 20.2 Å². The van der Waals surface area contributed by atoms with Gasteiger partial charge < -0.3 is 9.84 Å². The van der Waals surface area contributed by atoms with Crippen LogP contribution in [0.4, 0.5) is 16.2 Å². The second-order valence-corrected chi connectivity index (χ2v) is 10.1. The number of carbonyl (C=O) groups excluding carboxylic acids is 1. The number of pyridine rings is 1. The molecule has 1 unspecified atom stereocenters. The van der Waals surface area contributed by atoms with Crippen LogP contribution in [0.15, 0.2) is 73.1 Å². The highest BCUT2D eigenvalue weighted by atomic mass is 16.6. The average molecular weight is 552 g/mol. The number of ether oxygens (including phenoxy) is 1. The maximum atomic E-state index is 13.1. The fourth-order valence-corrected chi connectivity index (χ4v) is 4.13. The first-order valence-corrected chi connectivity index (χ1v) is 12.6. The number of carbonyl (C=O) groups is 2. The normalized spacial score (nSPS) is 11.9. The van der Waals surface area contributed by atoms with E-state index in [0.717, 1.165) is 17.2 Å². The van der Waals surface area contributed by atoms with Gasteiger partial charge in [-0.1, -0.05) is 30.3 Å². The number of aliphatic carboxylic acids is 1. The smallest absolute Gasteiger partial charge is 0.411 e. The van der Waals surface area contributed by atoms with Gasteiger partial charge in [0.25, 0.3) is 11.4 Å². The van der Waals surface area contributed by atoms with Crippen molar-refractivity contribution in [3.63, 3.8) is 0 Å². The van der Waals surface area contributed by atoms with Crippen LogP contribution in [0.5, 0.6) is 0 Å². The Morgan fingerprint density at radius 1 is 1.00 bits per heavy atom. The Hall–Kier alpha value is -4.87. The maximum absolute atomic E-state index is 13.1. The molecule has 0 aliphatic rings. The molecule has 1 aromatic heterocycles. The third-order valence-corrected chi connectivity index (χ3v) is 5.93. The summed E-state index contributed by atoms with van der Waals surface area (Å²) in [5.74, 6) is -1.15. The van der Waals surface area contributed by atoms with Gasteiger partial charge in [0.2, 0.25) is 0 Å². The Kier molecular flexibility index (Phi) is 9.49. The number of hydrogen-bond donors (Lipinski definition) is 1. The molecule has 2 aromatic carbocycles. The van der Waals surface area contributed by atoms with E-state index in [1.165, 1.54) is 21.6 Å². The number of aryl methyl sites for hydroxylation is 1. The number of nitro groups is 2. The summed E-state index contributed by atoms with van der Waals surface area (Å²) < 4.78 is 7.02. The molecule has 0 aliphatic carbocycles. The molecule has 0 radical (unpaired) electrons. The highest BCUT2D eigenvalue weighted by Crippen LogP contribution is 2.25. The van der Waals surface area contributed by atoms with Crippen molar-refractivity contribution in [2.75, 3.05) is 6.54 Å². The Bertz CT molecular complexity index is 1390. The molecule has 40 heavy (non-hydrogen) atoms. The zero-order valence-corrected chi connectivity index (χ0v) is 22.4. The van der Waals surface area contributed by atoms with Gasteiger partial charge in [-0.2, -0.15) is 4.57 Å². The number of rotatable bonds is 11. The predicted molar refractivity (Wildman–Crippen MR) is 144 cm³/mol. The molecule has 1 amide bonds. The highest BCUT2D eigenvalue weighted by molar-refractivity contribution is 5.80. The molecular formula is C28H31N4O8+. The number of hydrogen-bond acceptors (Lipinski definition) is 7. The lowest BCUT2D eigenvalue weighted by Gasteiger charge is -2.31. The lowest BCUT2D eigenvalue weighted by molar-refractivity contribution is -0.601. The van der Waals surface area contributed by atoms with E-state index in [4.69, 9.17) is 4.74 Å². The molecule has 0 aliphatic heterocycles. The Labute approximate surface area is 230 Å². The van der Waals surface area contributed by atoms with Crippen LogP contribution < -0.4 is 4.57 Å². The minimum absolute atomic E-state index is 0.0886. The molecule has 1 heterocycles. The Morgan fingerprint density at radius 3 is 2.27 bits per heavy atom. The van der Waals surface area contributed by atoms with E-state index in [0.29, 0.717) is 12.8 Å². The van der Waals surface area contributed by atoms with Crippen LogP contribution in [0.2, 0.25) is 0 Å². The summed E-state index contributed by atoms with van der Waals surface area (Å²) in [5, 5.41) is 32.7. The number of aromatic nitrogens is 1. The molecule has 0 fully saturated rings. The second kappa shape index (κ2) is 12.8. The summed E-state index contributed by atoms with van der Waals surface area (Å²) in [6.07, 6.45) is 3.41. The topological polar surface area (TPSA) is 157 Å². The Balaban J connectivity index is 1.82. The lowest BCUT2D eigenvalue weighted by atomic mass is 10.0. The SMILES string of the molecule is CC(C)(C)OC(=O)N(CCCc1ccc[n+](-c2ccc([N+](=O)[O-])cc2[N+](=O)[O-])c1)C(Cc1ccccc1)C(=O)O. The number of nitrogens with zero attached hydrogens (tertiary/aromatic N) is 4. The summed E-state index contributed by atoms with van der Waals surface area (Å²) >= 11 is 0. The lowest BCUT2D eigenvalue weighted by Crippen LogP contribution is -2.48. The zero-order valence-electron chi connectivity index (χ0n) is 22.4. The molecule has 3 aromatic rings. The minimum Gasteiger partial charge on any atom is -0.480 e. The number of benzene rings is 2. The standard InChI is InChI=1S/C28H30N4O8/c1-28(2,3)40-27(35)30(25(26(33)34)17-20-9-5-4-6-10-20)16-8-12-21-11-7-15-29(19-21)23-14-13-22(31(36)37)18-24(23)32(38)39/h4-7,9-11,13-15,18-19,25H,8,12,16-17H2,1-3H3/p+1. The van der Waals surface area contributed by atoms with Crippen molar-refractivity contribution in [2.45, 2.75) is 51.7 Å². The van der Waals surface area contributed by atoms with Crippen LogP contribution in [0.1, 0.15) is 38.3 Å². The summed E-state index contributed by atoms with van der Waals surface area (Å²) in [5.41, 5.74) is 0.0407. The first-order valence-electron chi connectivity index (χ1n) is 12.6. The molecule has 3 rings (SSSR count). The van der Waals surface area contributed by atoms with E-state index in [-0.39, 0.29) is 18.7 Å². The predicted octanol–water partition coefficient (Wildman–Crippen LogP) is 4.65. The monoisotopic (exact) mass is 551 g/mol. The van der Waals surface area contributed by atoms with E-state index < -0.39 is 44.9 Å². The van der Waals surface area contributed by atoms with Crippen LogP contribution in [-0.4, -0.2) is 50.1 Å². The van der Waals surface area contributed by atoms with Crippen molar-refractivity contribution in [3.8, 4) is 5.69 Å². The van der Waals surface area contributed by atoms with Crippen molar-refractivity contribution in [1.29, 1.82) is 0 Å². The maximum Gasteiger partial charge on any atom is 0.411 e. The Morgan fingerprint density at radius 2 is 1.68 bits per heavy atom. The molecule has 210 valence electrons. The minimum atomic E-state index is -1.15. The van der Waals surface area contributed by atoms with Crippen LogP contribution in [0.3, 0.4) is 0 Å². The van der Waals surface area contributed by atoms with E-state index in [9.17, 15) is 34.9 Å². The van der Waals surface area contributed by atoms with Crippen molar-refractivity contribution in [1.82, 2.24) is 4.90 Å². The summed E-state index contributed by atoms with van der Waals surface area (Å²) in [7, 11) is 0. The van der Waals surface area contributed by atoms with Gasteiger partial charge in [-0.15, -0.1) is 0 Å². The fraction of sp³-hybridized carbons (Fsp3) is 0.321. The van der Waals surface area contributed by atoms with Gasteiger partial charge in [0.1, 0.15) is 17.7 Å². The van der Waals surface area contributed by atoms with E-state index >= 15 is 0 Å². The number of amides is 1. The zero-order chi connectivity index (χ0) is 29.4. The largest absolute Gasteiger partial charge is 0.480 e. The molecule has 0 saturated carbocycles. The fourth-order valence-electron chi connectivity index (χ4n) is 4.13. The number of nitro benzene ring substituents is 2. The quantitative estimate of drug-likeness (QED) is 0.205. The van der Waals surface area contributed by atoms with Gasteiger partial charge >= 0.3 is 17.7 Å². The van der Waals surface area contributed by atoms with Crippen LogP contribution >= 0.6 is 0 Å². The van der Waals surface area contributed by atoms with Gasteiger partial charge in [-0.3, -0.25) is 25.1 Å². The van der Waals surface area contributed by atoms with E-state index in [1.54, 1.807) is 69.6 Å². The van der Waals surface area contributed by atoms with Crippen LogP contribution in [0.25, 0.3) is 5.69 Å². The third kappa shape index (κ3) is 8.06. The molecule has 1 atom stereocenters. The summed E-state index contributed by atoms with van der Waals surface area (Å²) in [6, 6.07) is 14.7. The number of carboxylic acid groups (broad SMARTS) is 1. The average Bonchev–Trinajstić information content (AvgIpc) is 2.89. The summed E-state index contributed by atoms with van der Waals surface area (Å²) in [6.45, 7) is 5.20. The number of carboxylic acids is 1. The van der Waals surface area contributed by atoms with Gasteiger partial charge in [0.05, 0.1) is 9.85 Å².